The van der Waals surface area contributed by atoms with Crippen LogP contribution in [0.25, 0.3) is 0 Å². The molecule has 0 aliphatic carbocycles. The predicted octanol–water partition coefficient (Wildman–Crippen LogP) is -0.939. The van der Waals surface area contributed by atoms with Crippen molar-refractivity contribution in [2.75, 3.05) is 6.54 Å². The third-order valence-electron chi connectivity index (χ3n) is 1.31. The van der Waals surface area contributed by atoms with E-state index >= 15 is 0 Å². The second-order valence-corrected chi connectivity index (χ2v) is 3.39. The second-order valence-electron chi connectivity index (χ2n) is 2.00. The monoisotopic (exact) mass is 101 g/mol. The van der Waals surface area contributed by atoms with Gasteiger partial charge in [-0.2, -0.15) is 0 Å². The number of hydrogen-bond donors (Lipinski definition) is 1. The summed E-state index contributed by atoms with van der Waals surface area (Å²) in [4.78, 5) is 0. The summed E-state index contributed by atoms with van der Waals surface area (Å²) in [6.07, 6.45) is 2.85. The fourth-order valence-corrected chi connectivity index (χ4v) is 1.56. The molecule has 1 aliphatic heterocycles. The molecule has 36 valence electrons. The van der Waals surface area contributed by atoms with Crippen LogP contribution in [-0.2, 0) is 0 Å². The van der Waals surface area contributed by atoms with Crippen molar-refractivity contribution in [3.63, 3.8) is 0 Å². The molecule has 1 unspecified atom stereocenters. The van der Waals surface area contributed by atoms with E-state index < -0.39 is 0 Å². The molecule has 1 heterocycles. The summed E-state index contributed by atoms with van der Waals surface area (Å²) in [7, 11) is 1.34. The van der Waals surface area contributed by atoms with Gasteiger partial charge in [0, 0.05) is 10.2 Å². The highest BCUT2D eigenvalue weighted by Gasteiger charge is 2.05. The maximum atomic E-state index is 3.38. The van der Waals surface area contributed by atoms with E-state index in [-0.39, 0.29) is 0 Å². The molecular formula is C4H11NSi. The molecule has 0 radical (unpaired) electrons. The lowest BCUT2D eigenvalue weighted by molar-refractivity contribution is 0.794. The van der Waals surface area contributed by atoms with Gasteiger partial charge in [0.25, 0.3) is 0 Å². The van der Waals surface area contributed by atoms with Gasteiger partial charge in [-0.15, -0.1) is 0 Å². The van der Waals surface area contributed by atoms with Gasteiger partial charge in [0.1, 0.15) is 0 Å². The van der Waals surface area contributed by atoms with Gasteiger partial charge in [-0.1, -0.05) is 0 Å². The number of hydrogen-bond acceptors (Lipinski definition) is 1. The van der Waals surface area contributed by atoms with Crippen LogP contribution < -0.4 is 5.32 Å². The molecule has 1 aliphatic rings. The van der Waals surface area contributed by atoms with Gasteiger partial charge < -0.3 is 5.32 Å². The fourth-order valence-electron chi connectivity index (χ4n) is 0.859. The minimum absolute atomic E-state index is 0.935. The van der Waals surface area contributed by atoms with E-state index in [4.69, 9.17) is 0 Å². The Morgan fingerprint density at radius 2 is 2.50 bits per heavy atom. The minimum Gasteiger partial charge on any atom is -0.318 e. The first-order valence-corrected chi connectivity index (χ1v) is 3.78. The maximum Gasteiger partial charge on any atom is 0.0241 e. The summed E-state index contributed by atoms with van der Waals surface area (Å²) in [5.41, 5.74) is 0.935. The smallest absolute Gasteiger partial charge is 0.0241 e. The van der Waals surface area contributed by atoms with Crippen molar-refractivity contribution in [1.82, 2.24) is 5.32 Å². The van der Waals surface area contributed by atoms with Gasteiger partial charge in [-0.05, 0) is 25.1 Å². The lowest BCUT2D eigenvalue weighted by Crippen LogP contribution is -2.20. The molecule has 0 aromatic carbocycles. The van der Waals surface area contributed by atoms with E-state index in [0.29, 0.717) is 0 Å². The predicted molar refractivity (Wildman–Crippen MR) is 31.0 cm³/mol. The molecule has 6 heavy (non-hydrogen) atoms. The van der Waals surface area contributed by atoms with E-state index in [1.165, 1.54) is 29.6 Å². The van der Waals surface area contributed by atoms with Crippen molar-refractivity contribution in [3.8, 4) is 0 Å². The quantitative estimate of drug-likeness (QED) is 0.388. The lowest BCUT2D eigenvalue weighted by atomic mass is 10.4. The highest BCUT2D eigenvalue weighted by molar-refractivity contribution is 6.11. The van der Waals surface area contributed by atoms with Crippen molar-refractivity contribution < 1.29 is 0 Å². The molecule has 1 atom stereocenters. The molecule has 1 N–H and O–H groups in total. The molecule has 0 saturated carbocycles. The van der Waals surface area contributed by atoms with E-state index in [9.17, 15) is 0 Å². The van der Waals surface area contributed by atoms with Crippen LogP contribution in [0.4, 0.5) is 0 Å². The molecule has 2 heteroatoms. The molecule has 0 bridgehead atoms. The third-order valence-corrected chi connectivity index (χ3v) is 2.29. The van der Waals surface area contributed by atoms with Gasteiger partial charge >= 0.3 is 0 Å². The van der Waals surface area contributed by atoms with Crippen LogP contribution in [0.2, 0.25) is 0 Å². The summed E-state index contributed by atoms with van der Waals surface area (Å²) >= 11 is 0. The fraction of sp³-hybridized carbons (Fsp3) is 1.00. The van der Waals surface area contributed by atoms with Gasteiger partial charge in [0.15, 0.2) is 0 Å². The summed E-state index contributed by atoms with van der Waals surface area (Å²) < 4.78 is 0. The SMILES string of the molecule is [SiH3]C1CCCN1. The second kappa shape index (κ2) is 1.75. The van der Waals surface area contributed by atoms with Crippen LogP contribution >= 0.6 is 0 Å². The Hall–Kier alpha value is 0.177. The molecule has 0 aromatic rings. The number of nitrogens with one attached hydrogen (secondary N) is 1. The van der Waals surface area contributed by atoms with E-state index in [0.717, 1.165) is 5.67 Å². The first-order chi connectivity index (χ1) is 2.89. The first-order valence-electron chi connectivity index (χ1n) is 2.63. The van der Waals surface area contributed by atoms with Gasteiger partial charge in [-0.3, -0.25) is 0 Å². The first kappa shape index (κ1) is 4.34. The van der Waals surface area contributed by atoms with Crippen LogP contribution in [0.3, 0.4) is 0 Å². The molecule has 1 fully saturated rings. The minimum atomic E-state index is 0.935. The molecule has 1 saturated heterocycles. The van der Waals surface area contributed by atoms with Gasteiger partial charge in [-0.25, -0.2) is 0 Å². The molecule has 0 spiro atoms. The van der Waals surface area contributed by atoms with Gasteiger partial charge in [0.05, 0.1) is 0 Å². The Kier molecular flexibility index (Phi) is 1.27. The van der Waals surface area contributed by atoms with Crippen molar-refractivity contribution in [1.29, 1.82) is 0 Å². The summed E-state index contributed by atoms with van der Waals surface area (Å²) in [5, 5.41) is 3.38. The van der Waals surface area contributed by atoms with Crippen LogP contribution in [0.5, 0.6) is 0 Å². The molecular weight excluding hydrogens is 90.1 g/mol. The van der Waals surface area contributed by atoms with Crippen LogP contribution in [0.15, 0.2) is 0 Å². The van der Waals surface area contributed by atoms with E-state index in [1.54, 1.807) is 0 Å². The molecule has 0 amide bonds. The van der Waals surface area contributed by atoms with E-state index in [2.05, 4.69) is 5.32 Å². The highest BCUT2D eigenvalue weighted by Crippen LogP contribution is 1.98. The maximum absolute atomic E-state index is 3.38. The summed E-state index contributed by atoms with van der Waals surface area (Å²) in [6, 6.07) is 0. The molecule has 1 nitrogen and oxygen atoms in total. The molecule has 0 aromatic heterocycles. The zero-order valence-electron chi connectivity index (χ0n) is 4.20. The Bertz CT molecular complexity index is 40.8. The van der Waals surface area contributed by atoms with Gasteiger partial charge in [0.2, 0.25) is 0 Å². The van der Waals surface area contributed by atoms with Crippen molar-refractivity contribution in [2.24, 2.45) is 0 Å². The largest absolute Gasteiger partial charge is 0.318 e. The topological polar surface area (TPSA) is 12.0 Å². The van der Waals surface area contributed by atoms with Crippen molar-refractivity contribution in [2.45, 2.75) is 18.5 Å². The Morgan fingerprint density at radius 1 is 1.67 bits per heavy atom. The summed E-state index contributed by atoms with van der Waals surface area (Å²) in [6.45, 7) is 1.27. The molecule has 1 rings (SSSR count). The van der Waals surface area contributed by atoms with Crippen LogP contribution in [-0.4, -0.2) is 22.5 Å². The normalized spacial score (nSPS) is 35.0. The van der Waals surface area contributed by atoms with Crippen molar-refractivity contribution in [3.05, 3.63) is 0 Å². The summed E-state index contributed by atoms with van der Waals surface area (Å²) in [5.74, 6) is 0. The Balaban J connectivity index is 2.18. The average molecular weight is 101 g/mol. The highest BCUT2D eigenvalue weighted by atomic mass is 28.1. The third kappa shape index (κ3) is 0.818. The van der Waals surface area contributed by atoms with E-state index in [1.807, 2.05) is 0 Å². The Labute approximate surface area is 41.5 Å². The number of rotatable bonds is 0. The average Bonchev–Trinajstić information content (AvgIpc) is 1.86. The zero-order chi connectivity index (χ0) is 4.41. The van der Waals surface area contributed by atoms with Crippen LogP contribution in [0, 0.1) is 0 Å². The lowest BCUT2D eigenvalue weighted by Gasteiger charge is -1.95. The van der Waals surface area contributed by atoms with Crippen molar-refractivity contribution >= 4 is 10.2 Å². The zero-order valence-corrected chi connectivity index (χ0v) is 6.20. The standard InChI is InChI=1S/C4H11NSi/c6-4-2-1-3-5-4/h4-5H,1-3H2,6H3. The Morgan fingerprint density at radius 3 is 2.67 bits per heavy atom. The van der Waals surface area contributed by atoms with Crippen LogP contribution in [0.1, 0.15) is 12.8 Å².